The molecule has 8 nitrogen and oxygen atoms in total. The van der Waals surface area contributed by atoms with Crippen molar-refractivity contribution < 1.29 is 19.1 Å². The van der Waals surface area contributed by atoms with Gasteiger partial charge in [-0.15, -0.1) is 0 Å². The van der Waals surface area contributed by atoms with Crippen molar-refractivity contribution in [3.05, 3.63) is 94.1 Å². The van der Waals surface area contributed by atoms with E-state index >= 15 is 0 Å². The molecule has 0 aliphatic carbocycles. The minimum Gasteiger partial charge on any atom is -0.385 e. The molecule has 0 aliphatic heterocycles. The molecule has 1 heterocycles. The first kappa shape index (κ1) is 32.8. The minimum absolute atomic E-state index is 0.0165. The van der Waals surface area contributed by atoms with Gasteiger partial charge in [-0.3, -0.25) is 14.4 Å². The topological polar surface area (TPSA) is 101 Å². The van der Waals surface area contributed by atoms with Crippen LogP contribution in [0.2, 0.25) is 5.02 Å². The van der Waals surface area contributed by atoms with E-state index in [2.05, 4.69) is 36.7 Å². The van der Waals surface area contributed by atoms with Crippen LogP contribution in [0.1, 0.15) is 73.0 Å². The molecule has 0 saturated heterocycles. The van der Waals surface area contributed by atoms with Crippen LogP contribution >= 0.6 is 11.6 Å². The Labute approximate surface area is 264 Å². The maximum absolute atomic E-state index is 13.5. The number of carbonyl (C=O) groups excluding carboxylic acids is 3. The number of benzene rings is 3. The smallest absolute Gasteiger partial charge is 0.272 e. The van der Waals surface area contributed by atoms with Gasteiger partial charge in [0.15, 0.2) is 0 Å². The van der Waals surface area contributed by atoms with E-state index < -0.39 is 0 Å². The highest BCUT2D eigenvalue weighted by Gasteiger charge is 2.19. The average molecular weight is 617 g/mol. The highest BCUT2D eigenvalue weighted by atomic mass is 35.5. The van der Waals surface area contributed by atoms with Gasteiger partial charge in [-0.2, -0.15) is 0 Å². The molecule has 4 aromatic rings. The number of aromatic nitrogens is 1. The first-order chi connectivity index (χ1) is 20.9. The molecule has 9 heteroatoms. The van der Waals surface area contributed by atoms with E-state index in [0.717, 1.165) is 22.9 Å². The molecule has 0 atom stereocenters. The number of hydrogen-bond acceptors (Lipinski definition) is 4. The zero-order chi connectivity index (χ0) is 32.0. The van der Waals surface area contributed by atoms with Crippen LogP contribution in [-0.4, -0.2) is 36.0 Å². The monoisotopic (exact) mass is 616 g/mol. The molecule has 232 valence electrons. The number of halogens is 1. The van der Waals surface area contributed by atoms with Crippen LogP contribution in [0.4, 0.5) is 11.4 Å². The molecule has 0 fully saturated rings. The molecule has 0 saturated carbocycles. The van der Waals surface area contributed by atoms with Crippen molar-refractivity contribution >= 4 is 51.6 Å². The summed E-state index contributed by atoms with van der Waals surface area (Å²) in [5.74, 6) is -0.801. The van der Waals surface area contributed by atoms with Crippen molar-refractivity contribution in [2.45, 2.75) is 59.5 Å². The molecule has 0 aliphatic rings. The third kappa shape index (κ3) is 8.07. The van der Waals surface area contributed by atoms with Crippen molar-refractivity contribution in [3.63, 3.8) is 0 Å². The molecular weight excluding hydrogens is 576 g/mol. The first-order valence-corrected chi connectivity index (χ1v) is 15.2. The van der Waals surface area contributed by atoms with Gasteiger partial charge in [0.2, 0.25) is 5.91 Å². The van der Waals surface area contributed by atoms with E-state index in [1.54, 1.807) is 31.4 Å². The van der Waals surface area contributed by atoms with Gasteiger partial charge in [0.25, 0.3) is 11.8 Å². The second-order valence-corrected chi connectivity index (χ2v) is 12.6. The molecule has 0 unspecified atom stereocenters. The molecular formula is C35H41ClN4O4. The number of anilines is 2. The number of amides is 3. The fourth-order valence-corrected chi connectivity index (χ4v) is 5.04. The van der Waals surface area contributed by atoms with E-state index in [0.29, 0.717) is 47.4 Å². The number of methoxy groups -OCH3 is 1. The van der Waals surface area contributed by atoms with Gasteiger partial charge in [-0.25, -0.2) is 0 Å². The average Bonchev–Trinajstić information content (AvgIpc) is 3.34. The number of nitrogens with zero attached hydrogens (tertiary/aromatic N) is 1. The Kier molecular flexibility index (Phi) is 10.5. The first-order valence-electron chi connectivity index (χ1n) is 14.8. The zero-order valence-corrected chi connectivity index (χ0v) is 27.0. The summed E-state index contributed by atoms with van der Waals surface area (Å²) in [5.41, 5.74) is 4.93. The van der Waals surface area contributed by atoms with Gasteiger partial charge in [-0.05, 0) is 71.5 Å². The van der Waals surface area contributed by atoms with Gasteiger partial charge in [0.1, 0.15) is 5.69 Å². The lowest BCUT2D eigenvalue weighted by molar-refractivity contribution is -0.124. The zero-order valence-electron chi connectivity index (χ0n) is 26.2. The quantitative estimate of drug-likeness (QED) is 0.153. The van der Waals surface area contributed by atoms with Crippen LogP contribution in [0.25, 0.3) is 10.9 Å². The van der Waals surface area contributed by atoms with E-state index in [4.69, 9.17) is 16.3 Å². The molecule has 4 rings (SSSR count). The predicted octanol–water partition coefficient (Wildman–Crippen LogP) is 7.41. The fraction of sp³-hybridized carbons (Fsp3) is 0.343. The van der Waals surface area contributed by atoms with Crippen molar-refractivity contribution in [1.82, 2.24) is 9.88 Å². The van der Waals surface area contributed by atoms with Crippen molar-refractivity contribution in [3.8, 4) is 0 Å². The third-order valence-corrected chi connectivity index (χ3v) is 7.73. The number of ether oxygens (including phenoxy) is 1. The summed E-state index contributed by atoms with van der Waals surface area (Å²) in [5, 5.41) is 9.93. The lowest BCUT2D eigenvalue weighted by Crippen LogP contribution is -2.27. The van der Waals surface area contributed by atoms with Gasteiger partial charge >= 0.3 is 0 Å². The van der Waals surface area contributed by atoms with Gasteiger partial charge < -0.3 is 25.3 Å². The molecule has 0 spiro atoms. The largest absolute Gasteiger partial charge is 0.385 e. The van der Waals surface area contributed by atoms with Crippen LogP contribution in [0.3, 0.4) is 0 Å². The SMILES string of the molecule is COCCCn1c(C(=O)Nc2ccc(C(C)(C)C)cc2)cc2cc(NC(=O)c3cc(CNC(=O)C(C)C)ccc3Cl)ccc21. The lowest BCUT2D eigenvalue weighted by atomic mass is 9.87. The second-order valence-electron chi connectivity index (χ2n) is 12.2. The Morgan fingerprint density at radius 3 is 2.23 bits per heavy atom. The molecule has 3 amide bonds. The van der Waals surface area contributed by atoms with Crippen LogP contribution < -0.4 is 16.0 Å². The molecule has 3 aromatic carbocycles. The Balaban J connectivity index is 1.57. The standard InChI is InChI=1S/C35H41ClN4O4/c1-22(2)32(41)37-21-23-8-14-29(36)28(18-23)33(42)39-27-13-15-30-24(19-27)20-31(40(30)16-7-17-44-6)34(43)38-26-11-9-25(10-12-26)35(3,4)5/h8-15,18-20,22H,7,16-17,21H2,1-6H3,(H,37,41)(H,38,43)(H,39,42). The second kappa shape index (κ2) is 14.1. The third-order valence-electron chi connectivity index (χ3n) is 7.40. The minimum atomic E-state index is -0.373. The van der Waals surface area contributed by atoms with Crippen LogP contribution in [0.15, 0.2) is 66.7 Å². The Hall–Kier alpha value is -4.14. The fourth-order valence-electron chi connectivity index (χ4n) is 4.84. The maximum atomic E-state index is 13.5. The van der Waals surface area contributed by atoms with E-state index in [-0.39, 0.29) is 29.1 Å². The van der Waals surface area contributed by atoms with Crippen LogP contribution in [-0.2, 0) is 28.0 Å². The Bertz CT molecular complexity index is 1650. The molecule has 0 bridgehead atoms. The number of fused-ring (bicyclic) bond motifs is 1. The summed E-state index contributed by atoms with van der Waals surface area (Å²) in [6, 6.07) is 20.4. The van der Waals surface area contributed by atoms with E-state index in [1.165, 1.54) is 5.56 Å². The van der Waals surface area contributed by atoms with Gasteiger partial charge in [0, 0.05) is 55.0 Å². The maximum Gasteiger partial charge on any atom is 0.272 e. The number of aryl methyl sites for hydroxylation is 1. The summed E-state index contributed by atoms with van der Waals surface area (Å²) >= 11 is 6.38. The van der Waals surface area contributed by atoms with Crippen molar-refractivity contribution in [1.29, 1.82) is 0 Å². The van der Waals surface area contributed by atoms with E-state index in [9.17, 15) is 14.4 Å². The van der Waals surface area contributed by atoms with Crippen LogP contribution in [0, 0.1) is 5.92 Å². The van der Waals surface area contributed by atoms with Gasteiger partial charge in [-0.1, -0.05) is 64.4 Å². The van der Waals surface area contributed by atoms with Crippen LogP contribution in [0.5, 0.6) is 0 Å². The number of carbonyl (C=O) groups is 3. The summed E-state index contributed by atoms with van der Waals surface area (Å²) in [4.78, 5) is 38.7. The summed E-state index contributed by atoms with van der Waals surface area (Å²) in [7, 11) is 1.65. The highest BCUT2D eigenvalue weighted by Crippen LogP contribution is 2.27. The molecule has 3 N–H and O–H groups in total. The molecule has 1 aromatic heterocycles. The Morgan fingerprint density at radius 2 is 1.57 bits per heavy atom. The Morgan fingerprint density at radius 1 is 0.886 bits per heavy atom. The number of nitrogens with one attached hydrogen (secondary N) is 3. The number of rotatable bonds is 11. The lowest BCUT2D eigenvalue weighted by Gasteiger charge is -2.19. The predicted molar refractivity (Wildman–Crippen MR) is 178 cm³/mol. The van der Waals surface area contributed by atoms with Gasteiger partial charge in [0.05, 0.1) is 10.6 Å². The highest BCUT2D eigenvalue weighted by molar-refractivity contribution is 6.34. The molecule has 44 heavy (non-hydrogen) atoms. The summed E-state index contributed by atoms with van der Waals surface area (Å²) in [6.07, 6.45) is 0.728. The van der Waals surface area contributed by atoms with E-state index in [1.807, 2.05) is 60.9 Å². The normalized spacial score (nSPS) is 11.5. The van der Waals surface area contributed by atoms with Crippen molar-refractivity contribution in [2.24, 2.45) is 5.92 Å². The summed E-state index contributed by atoms with van der Waals surface area (Å²) < 4.78 is 7.23. The van der Waals surface area contributed by atoms with Crippen molar-refractivity contribution in [2.75, 3.05) is 24.4 Å². The number of hydrogen-bond donors (Lipinski definition) is 3. The summed E-state index contributed by atoms with van der Waals surface area (Å²) in [6.45, 7) is 11.5. The molecule has 0 radical (unpaired) electrons.